The summed E-state index contributed by atoms with van der Waals surface area (Å²) in [5, 5.41) is 2.95. The van der Waals surface area contributed by atoms with Crippen LogP contribution in [0.4, 0.5) is 13.2 Å². The lowest BCUT2D eigenvalue weighted by atomic mass is 9.95. The van der Waals surface area contributed by atoms with Crippen LogP contribution in [-0.2, 0) is 6.18 Å². The minimum Gasteiger partial charge on any atom is -0.313 e. The smallest absolute Gasteiger partial charge is 0.313 e. The Bertz CT molecular complexity index is 410. The van der Waals surface area contributed by atoms with E-state index in [1.165, 1.54) is 12.1 Å². The summed E-state index contributed by atoms with van der Waals surface area (Å²) in [7, 11) is 1.68. The number of allylic oxidation sites excluding steroid dienone is 1. The monoisotopic (exact) mass is 257 g/mol. The Kier molecular flexibility index (Phi) is 4.96. The molecule has 0 aliphatic carbocycles. The highest BCUT2D eigenvalue weighted by molar-refractivity contribution is 5.32. The Labute approximate surface area is 106 Å². The first-order valence-corrected chi connectivity index (χ1v) is 5.84. The van der Waals surface area contributed by atoms with Gasteiger partial charge in [-0.2, -0.15) is 13.2 Å². The SMILES string of the molecule is C=C(C)CCC(NC)c1ccccc1C(F)(F)F. The second-order valence-corrected chi connectivity index (χ2v) is 4.42. The van der Waals surface area contributed by atoms with Gasteiger partial charge in [0, 0.05) is 6.04 Å². The van der Waals surface area contributed by atoms with Gasteiger partial charge in [0.05, 0.1) is 5.56 Å². The van der Waals surface area contributed by atoms with Crippen molar-refractivity contribution in [2.45, 2.75) is 32.0 Å². The molecule has 1 aromatic rings. The summed E-state index contributed by atoms with van der Waals surface area (Å²) < 4.78 is 38.7. The summed E-state index contributed by atoms with van der Waals surface area (Å²) in [6.45, 7) is 5.65. The molecule has 0 saturated heterocycles. The molecule has 0 saturated carbocycles. The summed E-state index contributed by atoms with van der Waals surface area (Å²) >= 11 is 0. The van der Waals surface area contributed by atoms with E-state index in [1.807, 2.05) is 6.92 Å². The first-order valence-electron chi connectivity index (χ1n) is 5.84. The fourth-order valence-electron chi connectivity index (χ4n) is 1.91. The number of hydrogen-bond acceptors (Lipinski definition) is 1. The van der Waals surface area contributed by atoms with E-state index in [9.17, 15) is 13.2 Å². The Morgan fingerprint density at radius 3 is 2.44 bits per heavy atom. The third-order valence-electron chi connectivity index (χ3n) is 2.85. The molecule has 0 amide bonds. The average Bonchev–Trinajstić information content (AvgIpc) is 2.29. The van der Waals surface area contributed by atoms with E-state index < -0.39 is 11.7 Å². The molecule has 0 bridgehead atoms. The maximum Gasteiger partial charge on any atom is 0.416 e. The topological polar surface area (TPSA) is 12.0 Å². The molecule has 1 atom stereocenters. The first kappa shape index (κ1) is 14.8. The van der Waals surface area contributed by atoms with Gasteiger partial charge in [-0.05, 0) is 38.4 Å². The first-order chi connectivity index (χ1) is 8.36. The Hall–Kier alpha value is -1.29. The van der Waals surface area contributed by atoms with Crippen molar-refractivity contribution in [3.05, 3.63) is 47.5 Å². The molecule has 0 aliphatic heterocycles. The van der Waals surface area contributed by atoms with Crippen molar-refractivity contribution in [2.24, 2.45) is 0 Å². The lowest BCUT2D eigenvalue weighted by molar-refractivity contribution is -0.138. The van der Waals surface area contributed by atoms with E-state index >= 15 is 0 Å². The van der Waals surface area contributed by atoms with E-state index in [1.54, 1.807) is 13.1 Å². The molecular weight excluding hydrogens is 239 g/mol. The van der Waals surface area contributed by atoms with E-state index in [0.717, 1.165) is 11.6 Å². The summed E-state index contributed by atoms with van der Waals surface area (Å²) in [6.07, 6.45) is -2.99. The van der Waals surface area contributed by atoms with Crippen LogP contribution < -0.4 is 5.32 Å². The van der Waals surface area contributed by atoms with Crippen LogP contribution in [0.2, 0.25) is 0 Å². The maximum absolute atomic E-state index is 12.9. The van der Waals surface area contributed by atoms with E-state index in [-0.39, 0.29) is 6.04 Å². The molecule has 0 fully saturated rings. The summed E-state index contributed by atoms with van der Waals surface area (Å²) in [5.41, 5.74) is 0.708. The van der Waals surface area contributed by atoms with Crippen LogP contribution in [0.3, 0.4) is 0 Å². The second-order valence-electron chi connectivity index (χ2n) is 4.42. The van der Waals surface area contributed by atoms with Gasteiger partial charge >= 0.3 is 6.18 Å². The maximum atomic E-state index is 12.9. The van der Waals surface area contributed by atoms with Gasteiger partial charge in [0.2, 0.25) is 0 Å². The molecule has 0 spiro atoms. The number of rotatable bonds is 5. The van der Waals surface area contributed by atoms with Gasteiger partial charge < -0.3 is 5.32 Å². The quantitative estimate of drug-likeness (QED) is 0.774. The number of nitrogens with one attached hydrogen (secondary N) is 1. The summed E-state index contributed by atoms with van der Waals surface area (Å²) in [6, 6.07) is 5.40. The van der Waals surface area contributed by atoms with Gasteiger partial charge in [-0.25, -0.2) is 0 Å². The van der Waals surface area contributed by atoms with Crippen LogP contribution in [0, 0.1) is 0 Å². The Balaban J connectivity index is 3.02. The second kappa shape index (κ2) is 6.05. The molecule has 1 nitrogen and oxygen atoms in total. The van der Waals surface area contributed by atoms with Crippen LogP contribution in [0.5, 0.6) is 0 Å². The largest absolute Gasteiger partial charge is 0.416 e. The van der Waals surface area contributed by atoms with E-state index in [4.69, 9.17) is 0 Å². The lowest BCUT2D eigenvalue weighted by Gasteiger charge is -2.21. The van der Waals surface area contributed by atoms with Crippen molar-refractivity contribution in [1.82, 2.24) is 5.32 Å². The zero-order valence-electron chi connectivity index (χ0n) is 10.6. The molecule has 1 N–H and O–H groups in total. The Morgan fingerprint density at radius 1 is 1.33 bits per heavy atom. The third-order valence-corrected chi connectivity index (χ3v) is 2.85. The van der Waals surface area contributed by atoms with Crippen LogP contribution in [0.1, 0.15) is 36.9 Å². The standard InChI is InChI=1S/C14H18F3N/c1-10(2)8-9-13(18-3)11-6-4-5-7-12(11)14(15,16)17/h4-7,13,18H,1,8-9H2,2-3H3. The van der Waals surface area contributed by atoms with Crippen molar-refractivity contribution >= 4 is 0 Å². The minimum absolute atomic E-state index is 0.300. The molecule has 0 heterocycles. The van der Waals surface area contributed by atoms with E-state index in [2.05, 4.69) is 11.9 Å². The molecule has 18 heavy (non-hydrogen) atoms. The molecular formula is C14H18F3N. The van der Waals surface area contributed by atoms with Crippen LogP contribution in [0.15, 0.2) is 36.4 Å². The van der Waals surface area contributed by atoms with E-state index in [0.29, 0.717) is 18.4 Å². The van der Waals surface area contributed by atoms with Gasteiger partial charge in [0.25, 0.3) is 0 Å². The normalized spacial score (nSPS) is 13.4. The molecule has 100 valence electrons. The molecule has 1 aromatic carbocycles. The molecule has 0 aliphatic rings. The van der Waals surface area contributed by atoms with Crippen LogP contribution in [-0.4, -0.2) is 7.05 Å². The molecule has 1 unspecified atom stereocenters. The third kappa shape index (κ3) is 3.88. The fourth-order valence-corrected chi connectivity index (χ4v) is 1.91. The summed E-state index contributed by atoms with van der Waals surface area (Å²) in [5.74, 6) is 0. The van der Waals surface area contributed by atoms with Gasteiger partial charge in [-0.3, -0.25) is 0 Å². The number of benzene rings is 1. The molecule has 0 aromatic heterocycles. The number of alkyl halides is 3. The van der Waals surface area contributed by atoms with Crippen molar-refractivity contribution in [2.75, 3.05) is 7.05 Å². The van der Waals surface area contributed by atoms with Crippen molar-refractivity contribution in [1.29, 1.82) is 0 Å². The van der Waals surface area contributed by atoms with Crippen molar-refractivity contribution in [3.63, 3.8) is 0 Å². The number of hydrogen-bond donors (Lipinski definition) is 1. The minimum atomic E-state index is -4.31. The fraction of sp³-hybridized carbons (Fsp3) is 0.429. The highest BCUT2D eigenvalue weighted by Crippen LogP contribution is 2.35. The zero-order chi connectivity index (χ0) is 13.8. The number of halogens is 3. The Morgan fingerprint density at radius 2 is 1.94 bits per heavy atom. The molecule has 1 rings (SSSR count). The highest BCUT2D eigenvalue weighted by Gasteiger charge is 2.34. The van der Waals surface area contributed by atoms with Gasteiger partial charge in [0.15, 0.2) is 0 Å². The van der Waals surface area contributed by atoms with Gasteiger partial charge in [0.1, 0.15) is 0 Å². The summed E-state index contributed by atoms with van der Waals surface area (Å²) in [4.78, 5) is 0. The highest BCUT2D eigenvalue weighted by atomic mass is 19.4. The predicted molar refractivity (Wildman–Crippen MR) is 67.3 cm³/mol. The predicted octanol–water partition coefficient (Wildman–Crippen LogP) is 4.32. The van der Waals surface area contributed by atoms with Crippen LogP contribution >= 0.6 is 0 Å². The van der Waals surface area contributed by atoms with Gasteiger partial charge in [-0.1, -0.05) is 23.8 Å². The van der Waals surface area contributed by atoms with Gasteiger partial charge in [-0.15, -0.1) is 6.58 Å². The lowest BCUT2D eigenvalue weighted by Crippen LogP contribution is -2.21. The van der Waals surface area contributed by atoms with Crippen molar-refractivity contribution in [3.8, 4) is 0 Å². The average molecular weight is 257 g/mol. The van der Waals surface area contributed by atoms with Crippen LogP contribution in [0.25, 0.3) is 0 Å². The zero-order valence-corrected chi connectivity index (χ0v) is 10.6. The molecule has 0 radical (unpaired) electrons. The van der Waals surface area contributed by atoms with Crippen molar-refractivity contribution < 1.29 is 13.2 Å². The molecule has 4 heteroatoms.